The van der Waals surface area contributed by atoms with Gasteiger partial charge in [0.25, 0.3) is 20.0 Å². The number of rotatable bonds is 15. The molecule has 0 amide bonds. The van der Waals surface area contributed by atoms with E-state index in [9.17, 15) is 84.9 Å². The van der Waals surface area contributed by atoms with Crippen LogP contribution in [0.1, 0.15) is 35.1 Å². The van der Waals surface area contributed by atoms with Gasteiger partial charge in [-0.1, -0.05) is 12.1 Å². The van der Waals surface area contributed by atoms with Crippen molar-refractivity contribution in [3.63, 3.8) is 0 Å². The molecule has 28 nitrogen and oxygen atoms in total. The summed E-state index contributed by atoms with van der Waals surface area (Å²) >= 11 is 0. The van der Waals surface area contributed by atoms with Crippen LogP contribution in [-0.2, 0) is 105 Å². The lowest BCUT2D eigenvalue weighted by molar-refractivity contribution is 0.171. The van der Waals surface area contributed by atoms with E-state index in [-0.39, 0.29) is 106 Å². The molecular weight excluding hydrogens is 1750 g/mol. The Labute approximate surface area is 693 Å². The van der Waals surface area contributed by atoms with Crippen LogP contribution in [0.2, 0.25) is 0 Å². The molecule has 0 bridgehead atoms. The van der Waals surface area contributed by atoms with Gasteiger partial charge in [-0.25, -0.2) is 89.3 Å². The van der Waals surface area contributed by atoms with E-state index >= 15 is 4.39 Å². The number of nitrogens with zero attached hydrogens (tertiary/aromatic N) is 4. The Balaban J connectivity index is 0.000000120. The maximum Gasteiger partial charge on any atom is 0.270 e. The van der Waals surface area contributed by atoms with Crippen molar-refractivity contribution in [1.82, 2.24) is 0 Å². The minimum Gasteiger partial charge on any atom is -0.486 e. The number of fused-ring (bicyclic) bond motifs is 8. The Morgan fingerprint density at radius 3 is 1.02 bits per heavy atom. The third-order valence-corrected chi connectivity index (χ3v) is 35.0. The van der Waals surface area contributed by atoms with Crippen molar-refractivity contribution in [3.05, 3.63) is 227 Å². The first-order chi connectivity index (χ1) is 57.4. The van der Waals surface area contributed by atoms with Gasteiger partial charge in [-0.3, -0.25) is 17.2 Å². The Morgan fingerprint density at radius 2 is 0.636 bits per heavy atom. The number of hydrogen-bond acceptors (Lipinski definition) is 24. The predicted molar refractivity (Wildman–Crippen MR) is 425 cm³/mol. The number of sulfone groups is 4. The quantitative estimate of drug-likeness (QED) is 0.0860. The third-order valence-electron chi connectivity index (χ3n) is 20.8. The van der Waals surface area contributed by atoms with Crippen LogP contribution < -0.4 is 55.1 Å². The minimum absolute atomic E-state index is 0.00241. The van der Waals surface area contributed by atoms with Crippen LogP contribution >= 0.6 is 0 Å². The average molecular weight is 1820 g/mol. The molecule has 0 unspecified atom stereocenters. The first kappa shape index (κ1) is 83.7. The molecule has 1 saturated carbocycles. The number of benzene rings is 10. The summed E-state index contributed by atoms with van der Waals surface area (Å²) in [6, 6.07) is 38.4. The highest BCUT2D eigenvalue weighted by atomic mass is 32.2. The van der Waals surface area contributed by atoms with E-state index < -0.39 is 118 Å². The van der Waals surface area contributed by atoms with Crippen LogP contribution in [-0.4, -0.2) is 158 Å². The maximum atomic E-state index is 15.0. The maximum absolute atomic E-state index is 15.0. The summed E-state index contributed by atoms with van der Waals surface area (Å²) in [6.45, 7) is 3.11. The molecule has 121 heavy (non-hydrogen) atoms. The fourth-order valence-electron chi connectivity index (χ4n) is 14.7. The molecule has 0 spiro atoms. The van der Waals surface area contributed by atoms with Gasteiger partial charge in [-0.15, -0.1) is 0 Å². The van der Waals surface area contributed by atoms with Crippen molar-refractivity contribution in [2.75, 3.05) is 103 Å². The molecule has 19 rings (SSSR count). The van der Waals surface area contributed by atoms with Gasteiger partial charge in [0.15, 0.2) is 56.7 Å². The third kappa shape index (κ3) is 15.8. The summed E-state index contributed by atoms with van der Waals surface area (Å²) in [4.78, 5) is -2.31. The largest absolute Gasteiger partial charge is 0.486 e. The second kappa shape index (κ2) is 31.8. The van der Waals surface area contributed by atoms with E-state index in [0.29, 0.717) is 141 Å². The zero-order valence-electron chi connectivity index (χ0n) is 63.3. The van der Waals surface area contributed by atoms with E-state index in [0.717, 1.165) is 56.8 Å². The van der Waals surface area contributed by atoms with E-state index in [1.807, 2.05) is 0 Å². The smallest absolute Gasteiger partial charge is 0.270 e. The molecule has 8 heterocycles. The summed E-state index contributed by atoms with van der Waals surface area (Å²) in [5, 5.41) is -0.292. The van der Waals surface area contributed by atoms with Gasteiger partial charge in [-0.05, 0) is 189 Å². The highest BCUT2D eigenvalue weighted by Crippen LogP contribution is 2.46. The number of ether oxygens (including phenoxy) is 8. The topological polar surface area (TPSA) is 360 Å². The summed E-state index contributed by atoms with van der Waals surface area (Å²) < 4.78 is 325. The van der Waals surface area contributed by atoms with Crippen LogP contribution in [0.25, 0.3) is 0 Å². The van der Waals surface area contributed by atoms with Crippen molar-refractivity contribution in [1.29, 1.82) is 0 Å². The van der Waals surface area contributed by atoms with Crippen molar-refractivity contribution >= 4 is 102 Å². The number of hydrogen-bond donors (Lipinski definition) is 0. The van der Waals surface area contributed by atoms with Crippen LogP contribution in [0.15, 0.2) is 225 Å². The fourth-order valence-corrected chi connectivity index (χ4v) is 26.1. The van der Waals surface area contributed by atoms with Gasteiger partial charge in [-0.2, -0.15) is 0 Å². The van der Waals surface area contributed by atoms with Gasteiger partial charge in [0.05, 0.1) is 73.4 Å². The molecule has 10 aromatic carbocycles. The van der Waals surface area contributed by atoms with E-state index in [1.54, 1.807) is 24.3 Å². The molecule has 8 aliphatic heterocycles. The molecule has 1 fully saturated rings. The fraction of sp³-hybridized carbons (Fsp3) is 0.250. The summed E-state index contributed by atoms with van der Waals surface area (Å²) in [6.07, 6.45) is 3.29. The number of halogens is 5. The average Bonchev–Trinajstić information content (AvgIpc) is 1.73. The second-order valence-electron chi connectivity index (χ2n) is 28.4. The van der Waals surface area contributed by atoms with Gasteiger partial charge in [0.1, 0.15) is 81.0 Å². The van der Waals surface area contributed by atoms with E-state index in [4.69, 9.17) is 37.9 Å². The second-order valence-corrected chi connectivity index (χ2v) is 43.9. The standard InChI is InChI=1S/C22H17F2NO6S2.C22H18FNO6S2.C19H19NO6S2.C17H15F2NO6S2/c23-17-2-1-3-18(24)22(17)33(28,29)25-9-8-14-12-15(4-6-19(14)25)32(26,27)16-5-7-20-21(13-16)31-11-10-30-20;23-16-2-1-3-19(13-16)32(27,28)24-9-8-15-12-17(4-6-20(15)24)31(25,26)18-5-7-21-22(14-18)30-11-10-29-21;21-27(22,16-4-6-18-19(12-16)26-10-9-25-18)15-3-5-17-13(11-15)7-8-20(17)28(23,24)14-1-2-14;1-27(21,22)20-5-4-11-13(20)9-12(18)17(16(11)19)28(23,24)10-2-3-14-15(8-10)26-7-6-25-14/h1-7,12-13H,8-11H2;1-7,12-14H,8-11H2;3-6,11-12,14H,1-2,7-10H2;2-3,8-9H,4-7H2,1H3. The van der Waals surface area contributed by atoms with Crippen molar-refractivity contribution in [2.45, 2.75) is 92.7 Å². The zero-order chi connectivity index (χ0) is 85.7. The molecule has 0 saturated heterocycles. The lowest BCUT2D eigenvalue weighted by atomic mass is 10.1. The van der Waals surface area contributed by atoms with Crippen LogP contribution in [0.4, 0.5) is 44.7 Å². The Kier molecular flexibility index (Phi) is 22.0. The highest BCUT2D eigenvalue weighted by molar-refractivity contribution is 7.94. The van der Waals surface area contributed by atoms with Gasteiger partial charge < -0.3 is 37.9 Å². The minimum atomic E-state index is -4.56. The Bertz CT molecular complexity index is 6910. The first-order valence-electron chi connectivity index (χ1n) is 37.2. The first-order valence-corrected chi connectivity index (χ1v) is 49.3. The monoisotopic (exact) mass is 1820 g/mol. The molecule has 0 aromatic heterocycles. The molecular formula is C80H69F5N4O24S8. The molecule has 41 heteroatoms. The SMILES string of the molecule is CS(=O)(=O)N1CCc2c1cc(F)c(S(=O)(=O)c1ccc3c(c1)OCCO3)c2F.O=S(=O)(c1ccc2c(c1)CCN2S(=O)(=O)C1CC1)c1ccc2c(c1)OCCO2.O=S(=O)(c1ccc2c(c1)CCN2S(=O)(=O)c1c(F)cccc1F)c1ccc2c(c1)OCCO2.O=S(=O)(c1ccc2c(c1)CCN2S(=O)(=O)c1cccc(F)c1)c1ccc2c(c1)OCCO2. The normalized spacial score (nSPS) is 16.4. The van der Waals surface area contributed by atoms with Crippen molar-refractivity contribution < 1.29 is 127 Å². The van der Waals surface area contributed by atoms with Crippen LogP contribution in [0.5, 0.6) is 46.0 Å². The molecule has 0 radical (unpaired) electrons. The predicted octanol–water partition coefficient (Wildman–Crippen LogP) is 10.5. The molecule has 0 atom stereocenters. The van der Waals surface area contributed by atoms with Crippen LogP contribution in [0.3, 0.4) is 0 Å². The van der Waals surface area contributed by atoms with Crippen molar-refractivity contribution in [2.24, 2.45) is 0 Å². The van der Waals surface area contributed by atoms with Gasteiger partial charge >= 0.3 is 0 Å². The summed E-state index contributed by atoms with van der Waals surface area (Å²) in [5.74, 6) is -2.60. The zero-order valence-corrected chi connectivity index (χ0v) is 69.8. The van der Waals surface area contributed by atoms with Crippen molar-refractivity contribution in [3.8, 4) is 46.0 Å². The summed E-state index contributed by atoms with van der Waals surface area (Å²) in [5.41, 5.74) is 2.59. The van der Waals surface area contributed by atoms with Crippen LogP contribution in [0, 0.1) is 29.1 Å². The Morgan fingerprint density at radius 1 is 0.298 bits per heavy atom. The molecule has 10 aromatic rings. The van der Waals surface area contributed by atoms with Gasteiger partial charge in [0.2, 0.25) is 59.4 Å². The van der Waals surface area contributed by atoms with Gasteiger partial charge in [0, 0.05) is 62.1 Å². The highest BCUT2D eigenvalue weighted by Gasteiger charge is 2.44. The molecule has 636 valence electrons. The lowest BCUT2D eigenvalue weighted by Gasteiger charge is -2.20. The van der Waals surface area contributed by atoms with E-state index in [2.05, 4.69) is 0 Å². The summed E-state index contributed by atoms with van der Waals surface area (Å²) in [7, 11) is -31.7. The lowest BCUT2D eigenvalue weighted by Crippen LogP contribution is -2.32. The molecule has 9 aliphatic rings. The Hall–Kier alpha value is -11.0. The molecule has 1 aliphatic carbocycles. The number of sulfonamides is 4. The molecule has 0 N–H and O–H groups in total. The number of anilines is 4. The van der Waals surface area contributed by atoms with E-state index in [1.165, 1.54) is 124 Å².